The van der Waals surface area contributed by atoms with E-state index in [2.05, 4.69) is 16.7 Å². The Morgan fingerprint density at radius 3 is 2.82 bits per heavy atom. The van der Waals surface area contributed by atoms with Crippen LogP contribution in [0.3, 0.4) is 0 Å². The molecule has 2 N–H and O–H groups in total. The maximum absolute atomic E-state index is 12.6. The van der Waals surface area contributed by atoms with Crippen molar-refractivity contribution in [2.75, 3.05) is 17.2 Å². The van der Waals surface area contributed by atoms with Gasteiger partial charge < -0.3 is 24.4 Å². The van der Waals surface area contributed by atoms with Gasteiger partial charge in [0.1, 0.15) is 17.6 Å². The third kappa shape index (κ3) is 4.50. The summed E-state index contributed by atoms with van der Waals surface area (Å²) >= 11 is 0. The largest absolute Gasteiger partial charge is 0.467 e. The lowest BCUT2D eigenvalue weighted by Gasteiger charge is -2.17. The van der Waals surface area contributed by atoms with Crippen LogP contribution < -0.4 is 10.6 Å². The molecule has 0 saturated heterocycles. The number of carbonyl (C=O) groups excluding carboxylic acids is 3. The average Bonchev–Trinajstić information content (AvgIpc) is 3.40. The summed E-state index contributed by atoms with van der Waals surface area (Å²) in [5, 5.41) is 15.1. The number of fused-ring (bicyclic) bond motifs is 1. The van der Waals surface area contributed by atoms with Crippen molar-refractivity contribution in [2.24, 2.45) is 0 Å². The molecule has 0 radical (unpaired) electrons. The predicted octanol–water partition coefficient (Wildman–Crippen LogP) is 3.30. The lowest BCUT2D eigenvalue weighted by atomic mass is 10.0. The van der Waals surface area contributed by atoms with E-state index in [-0.39, 0.29) is 5.91 Å². The van der Waals surface area contributed by atoms with E-state index in [1.54, 1.807) is 48.1 Å². The van der Waals surface area contributed by atoms with Gasteiger partial charge in [0.15, 0.2) is 6.61 Å². The van der Waals surface area contributed by atoms with Crippen LogP contribution in [0.1, 0.15) is 44.9 Å². The van der Waals surface area contributed by atoms with Crippen molar-refractivity contribution in [1.29, 1.82) is 5.26 Å². The Hall–Kier alpha value is -4.32. The van der Waals surface area contributed by atoms with Gasteiger partial charge in [-0.05, 0) is 61.7 Å². The number of aromatic nitrogens is 1. The van der Waals surface area contributed by atoms with Gasteiger partial charge in [-0.15, -0.1) is 0 Å². The number of nitrogens with one attached hydrogen (secondary N) is 2. The number of amides is 2. The smallest absolute Gasteiger partial charge is 0.338 e. The molecule has 0 fully saturated rings. The van der Waals surface area contributed by atoms with E-state index in [0.29, 0.717) is 47.8 Å². The van der Waals surface area contributed by atoms with Crippen LogP contribution in [-0.2, 0) is 27.3 Å². The molecule has 3 aromatic rings. The van der Waals surface area contributed by atoms with Gasteiger partial charge in [0.2, 0.25) is 5.91 Å². The summed E-state index contributed by atoms with van der Waals surface area (Å²) in [5.41, 5.74) is 3.72. The molecule has 0 bridgehead atoms. The summed E-state index contributed by atoms with van der Waals surface area (Å²) < 4.78 is 12.4. The summed E-state index contributed by atoms with van der Waals surface area (Å²) in [6.45, 7) is 3.48. The molecule has 2 aromatic heterocycles. The highest BCUT2D eigenvalue weighted by Crippen LogP contribution is 2.28. The maximum atomic E-state index is 12.6. The van der Waals surface area contributed by atoms with Gasteiger partial charge in [0.05, 0.1) is 23.9 Å². The van der Waals surface area contributed by atoms with Gasteiger partial charge in [-0.3, -0.25) is 9.59 Å². The van der Waals surface area contributed by atoms with Crippen molar-refractivity contribution in [2.45, 2.75) is 33.2 Å². The summed E-state index contributed by atoms with van der Waals surface area (Å²) in [7, 11) is 0. The third-order valence-electron chi connectivity index (χ3n) is 5.66. The number of furan rings is 1. The number of nitriles is 1. The van der Waals surface area contributed by atoms with E-state index in [9.17, 15) is 19.6 Å². The van der Waals surface area contributed by atoms with Crippen LogP contribution in [0.4, 0.5) is 11.5 Å². The first-order valence-corrected chi connectivity index (χ1v) is 10.4. The van der Waals surface area contributed by atoms with Gasteiger partial charge in [-0.1, -0.05) is 0 Å². The number of carbonyl (C=O) groups is 3. The molecule has 0 unspecified atom stereocenters. The lowest BCUT2D eigenvalue weighted by molar-refractivity contribution is -0.119. The van der Waals surface area contributed by atoms with Crippen molar-refractivity contribution in [3.05, 3.63) is 70.3 Å². The Morgan fingerprint density at radius 2 is 2.09 bits per heavy atom. The van der Waals surface area contributed by atoms with E-state index in [1.807, 2.05) is 6.92 Å². The fourth-order valence-electron chi connectivity index (χ4n) is 3.78. The summed E-state index contributed by atoms with van der Waals surface area (Å²) in [5.74, 6) is -0.280. The Balaban J connectivity index is 1.45. The molecule has 4 rings (SSSR count). The van der Waals surface area contributed by atoms with Crippen LogP contribution in [0.25, 0.3) is 0 Å². The molecule has 1 aliphatic heterocycles. The number of rotatable bonds is 6. The normalized spacial score (nSPS) is 12.5. The number of anilines is 2. The first kappa shape index (κ1) is 21.9. The maximum Gasteiger partial charge on any atom is 0.338 e. The molecule has 9 heteroatoms. The van der Waals surface area contributed by atoms with Crippen LogP contribution in [0.2, 0.25) is 0 Å². The number of hydrogen-bond acceptors (Lipinski definition) is 6. The van der Waals surface area contributed by atoms with Gasteiger partial charge in [-0.25, -0.2) is 4.79 Å². The number of esters is 1. The summed E-state index contributed by atoms with van der Waals surface area (Å²) in [6, 6.07) is 10.5. The molecular formula is C24H22N4O5. The van der Waals surface area contributed by atoms with Gasteiger partial charge >= 0.3 is 5.97 Å². The number of benzene rings is 1. The van der Waals surface area contributed by atoms with Crippen LogP contribution in [0, 0.1) is 25.2 Å². The Labute approximate surface area is 189 Å². The molecule has 1 aromatic carbocycles. The molecule has 0 aliphatic carbocycles. The van der Waals surface area contributed by atoms with Crippen molar-refractivity contribution >= 4 is 29.3 Å². The van der Waals surface area contributed by atoms with Crippen molar-refractivity contribution in [1.82, 2.24) is 4.57 Å². The topological polar surface area (TPSA) is 126 Å². The standard InChI is InChI=1S/C24H22N4O5/c1-14-15(2)28(12-18-4-3-9-32-18)23(19(14)11-25)27-22(30)13-33-24(31)17-5-7-20-16(10-17)6-8-21(29)26-20/h3-5,7,9-10H,6,8,12-13H2,1-2H3,(H,26,29)(H,27,30). The lowest BCUT2D eigenvalue weighted by Crippen LogP contribution is -2.23. The molecule has 0 spiro atoms. The second-order valence-corrected chi connectivity index (χ2v) is 7.76. The molecule has 9 nitrogen and oxygen atoms in total. The third-order valence-corrected chi connectivity index (χ3v) is 5.66. The zero-order chi connectivity index (χ0) is 23.5. The monoisotopic (exact) mass is 446 g/mol. The second kappa shape index (κ2) is 9.04. The minimum absolute atomic E-state index is 0.0616. The highest BCUT2D eigenvalue weighted by atomic mass is 16.5. The zero-order valence-electron chi connectivity index (χ0n) is 18.2. The Morgan fingerprint density at radius 1 is 1.27 bits per heavy atom. The summed E-state index contributed by atoms with van der Waals surface area (Å²) in [4.78, 5) is 36.5. The fourth-order valence-corrected chi connectivity index (χ4v) is 3.78. The fraction of sp³-hybridized carbons (Fsp3) is 0.250. The highest BCUT2D eigenvalue weighted by molar-refractivity contribution is 5.98. The quantitative estimate of drug-likeness (QED) is 0.560. The van der Waals surface area contributed by atoms with E-state index < -0.39 is 18.5 Å². The molecule has 0 atom stereocenters. The SMILES string of the molecule is Cc1c(C#N)c(NC(=O)COC(=O)c2ccc3c(c2)CCC(=O)N3)n(Cc2ccco2)c1C. The first-order chi connectivity index (χ1) is 15.9. The number of ether oxygens (including phenoxy) is 1. The van der Waals surface area contributed by atoms with Crippen molar-refractivity contribution in [3.63, 3.8) is 0 Å². The molecule has 3 heterocycles. The molecule has 2 amide bonds. The molecule has 1 aliphatic rings. The molecular weight excluding hydrogens is 424 g/mol. The minimum atomic E-state index is -0.649. The molecule has 33 heavy (non-hydrogen) atoms. The number of hydrogen-bond donors (Lipinski definition) is 2. The number of aryl methyl sites for hydroxylation is 1. The van der Waals surface area contributed by atoms with E-state index in [1.165, 1.54) is 0 Å². The van der Waals surface area contributed by atoms with Crippen molar-refractivity contribution < 1.29 is 23.5 Å². The average molecular weight is 446 g/mol. The van der Waals surface area contributed by atoms with E-state index in [0.717, 1.165) is 16.8 Å². The zero-order valence-corrected chi connectivity index (χ0v) is 18.2. The Kier molecular flexibility index (Phi) is 6.00. The van der Waals surface area contributed by atoms with Gasteiger partial charge in [0, 0.05) is 17.8 Å². The number of nitrogens with zero attached hydrogens (tertiary/aromatic N) is 2. The van der Waals surface area contributed by atoms with Gasteiger partial charge in [0.25, 0.3) is 5.91 Å². The van der Waals surface area contributed by atoms with Crippen molar-refractivity contribution in [3.8, 4) is 6.07 Å². The van der Waals surface area contributed by atoms with Gasteiger partial charge in [-0.2, -0.15) is 5.26 Å². The summed E-state index contributed by atoms with van der Waals surface area (Å²) in [6.07, 6.45) is 2.44. The van der Waals surface area contributed by atoms with Crippen LogP contribution in [0.5, 0.6) is 0 Å². The molecule has 0 saturated carbocycles. The van der Waals surface area contributed by atoms with E-state index in [4.69, 9.17) is 9.15 Å². The predicted molar refractivity (Wildman–Crippen MR) is 119 cm³/mol. The van der Waals surface area contributed by atoms with Crippen LogP contribution in [0.15, 0.2) is 41.0 Å². The van der Waals surface area contributed by atoms with Crippen LogP contribution >= 0.6 is 0 Å². The minimum Gasteiger partial charge on any atom is -0.467 e. The van der Waals surface area contributed by atoms with E-state index >= 15 is 0 Å². The Bertz CT molecular complexity index is 1280. The first-order valence-electron chi connectivity index (χ1n) is 10.4. The van der Waals surface area contributed by atoms with Crippen LogP contribution in [-0.4, -0.2) is 29.0 Å². The molecule has 168 valence electrons. The highest BCUT2D eigenvalue weighted by Gasteiger charge is 2.22. The second-order valence-electron chi connectivity index (χ2n) is 7.76.